The topological polar surface area (TPSA) is 44.7 Å². The van der Waals surface area contributed by atoms with Gasteiger partial charge in [0, 0.05) is 18.7 Å². The number of anilines is 1. The molecule has 5 heteroatoms. The van der Waals surface area contributed by atoms with E-state index in [0.717, 1.165) is 5.69 Å². The van der Waals surface area contributed by atoms with Gasteiger partial charge in [-0.2, -0.15) is 4.39 Å². The second-order valence-electron chi connectivity index (χ2n) is 5.14. The summed E-state index contributed by atoms with van der Waals surface area (Å²) in [6.45, 7) is 2.38. The average Bonchev–Trinajstić information content (AvgIpc) is 2.40. The summed E-state index contributed by atoms with van der Waals surface area (Å²) >= 11 is 0. The number of hydrogen-bond acceptors (Lipinski definition) is 2. The molecule has 1 aromatic rings. The van der Waals surface area contributed by atoms with Gasteiger partial charge in [-0.25, -0.2) is 4.79 Å². The number of halogens is 1. The van der Waals surface area contributed by atoms with Gasteiger partial charge in [0.1, 0.15) is 0 Å². The molecule has 0 radical (unpaired) electrons. The van der Waals surface area contributed by atoms with Gasteiger partial charge in [0.15, 0.2) is 5.97 Å². The highest BCUT2D eigenvalue weighted by Crippen LogP contribution is 2.31. The number of para-hydroxylation sites is 1. The van der Waals surface area contributed by atoms with Gasteiger partial charge in [-0.1, -0.05) is 25.1 Å². The number of nitrogens with one attached hydrogen (secondary N) is 1. The summed E-state index contributed by atoms with van der Waals surface area (Å²) in [4.78, 5) is 17.9. The van der Waals surface area contributed by atoms with Crippen LogP contribution < -0.4 is 10.2 Å². The summed E-state index contributed by atoms with van der Waals surface area (Å²) in [5, 5.41) is 2.78. The third-order valence-electron chi connectivity index (χ3n) is 3.79. The van der Waals surface area contributed by atoms with Crippen molar-refractivity contribution < 1.29 is 9.18 Å². The van der Waals surface area contributed by atoms with Crippen LogP contribution in [0.25, 0.3) is 0 Å². The Morgan fingerprint density at radius 2 is 2.11 bits per heavy atom. The molecule has 0 bridgehead atoms. The fourth-order valence-corrected chi connectivity index (χ4v) is 2.96. The van der Waals surface area contributed by atoms with Crippen LogP contribution in [0.2, 0.25) is 0 Å². The smallest absolute Gasteiger partial charge is 0.322 e. The zero-order chi connectivity index (χ0) is 13.4. The lowest BCUT2D eigenvalue weighted by Gasteiger charge is -2.44. The van der Waals surface area contributed by atoms with Gasteiger partial charge < -0.3 is 5.32 Å². The minimum atomic E-state index is -0.307. The molecule has 3 unspecified atom stereocenters. The summed E-state index contributed by atoms with van der Waals surface area (Å²) in [7, 11) is 0. The molecule has 3 atom stereocenters. The highest BCUT2D eigenvalue weighted by molar-refractivity contribution is 5.94. The van der Waals surface area contributed by atoms with Crippen molar-refractivity contribution in [3.05, 3.63) is 30.3 Å². The molecule has 1 fully saturated rings. The van der Waals surface area contributed by atoms with Crippen LogP contribution in [0.5, 0.6) is 0 Å². The van der Waals surface area contributed by atoms with Crippen LogP contribution in [0, 0.1) is 5.92 Å². The number of carbonyl (C=O) groups excluding carboxylic acids is 1. The van der Waals surface area contributed by atoms with Crippen molar-refractivity contribution in [1.29, 1.82) is 0 Å². The van der Waals surface area contributed by atoms with E-state index in [2.05, 4.69) is 10.3 Å². The number of amides is 2. The number of fused-ring (bicyclic) bond motifs is 1. The molecule has 19 heavy (non-hydrogen) atoms. The standard InChI is InChI=1S/C14H16FN3O/c1-9-7-12(15)17-11-8-16-14(19)18(13(9)11)10-5-3-2-4-6-10/h2-6,9,11,13H,7-8H2,1H3,(H,16,19). The molecule has 1 N–H and O–H groups in total. The van der Waals surface area contributed by atoms with Crippen LogP contribution in [0.1, 0.15) is 13.3 Å². The zero-order valence-electron chi connectivity index (χ0n) is 10.7. The van der Waals surface area contributed by atoms with E-state index in [1.165, 1.54) is 0 Å². The van der Waals surface area contributed by atoms with Crippen molar-refractivity contribution in [3.63, 3.8) is 0 Å². The zero-order valence-corrected chi connectivity index (χ0v) is 10.7. The van der Waals surface area contributed by atoms with Crippen LogP contribution in [0.15, 0.2) is 35.3 Å². The van der Waals surface area contributed by atoms with Crippen molar-refractivity contribution in [3.8, 4) is 0 Å². The average molecular weight is 261 g/mol. The Labute approximate surface area is 111 Å². The molecule has 2 heterocycles. The number of hydrogen-bond donors (Lipinski definition) is 1. The van der Waals surface area contributed by atoms with Crippen molar-refractivity contribution in [2.24, 2.45) is 10.9 Å². The van der Waals surface area contributed by atoms with E-state index in [-0.39, 0.29) is 30.0 Å². The van der Waals surface area contributed by atoms with Gasteiger partial charge >= 0.3 is 6.03 Å². The molecule has 2 aliphatic heterocycles. The van der Waals surface area contributed by atoms with Crippen LogP contribution in [0.3, 0.4) is 0 Å². The normalized spacial score (nSPS) is 30.4. The van der Waals surface area contributed by atoms with Gasteiger partial charge in [0.05, 0.1) is 12.1 Å². The Balaban J connectivity index is 2.00. The summed E-state index contributed by atoms with van der Waals surface area (Å²) in [5.74, 6) is -0.244. The monoisotopic (exact) mass is 261 g/mol. The quantitative estimate of drug-likeness (QED) is 0.828. The molecule has 0 aliphatic carbocycles. The van der Waals surface area contributed by atoms with Gasteiger partial charge in [-0.3, -0.25) is 9.89 Å². The first-order chi connectivity index (χ1) is 9.16. The van der Waals surface area contributed by atoms with Crippen molar-refractivity contribution >= 4 is 17.7 Å². The number of nitrogens with zero attached hydrogens (tertiary/aromatic N) is 2. The molecule has 100 valence electrons. The van der Waals surface area contributed by atoms with E-state index in [1.54, 1.807) is 4.90 Å². The van der Waals surface area contributed by atoms with Crippen LogP contribution in [-0.2, 0) is 0 Å². The largest absolute Gasteiger partial charge is 0.335 e. The first-order valence-corrected chi connectivity index (χ1v) is 6.51. The molecule has 0 aromatic heterocycles. The lowest BCUT2D eigenvalue weighted by Crippen LogP contribution is -2.63. The van der Waals surface area contributed by atoms with E-state index in [1.807, 2.05) is 37.3 Å². The van der Waals surface area contributed by atoms with Crippen molar-refractivity contribution in [2.75, 3.05) is 11.4 Å². The van der Waals surface area contributed by atoms with Gasteiger partial charge in [-0.05, 0) is 18.1 Å². The molecule has 2 aliphatic rings. The summed E-state index contributed by atoms with van der Waals surface area (Å²) in [5.41, 5.74) is 0.832. The second-order valence-corrected chi connectivity index (χ2v) is 5.14. The molecule has 0 spiro atoms. The van der Waals surface area contributed by atoms with E-state index in [9.17, 15) is 9.18 Å². The fourth-order valence-electron chi connectivity index (χ4n) is 2.96. The van der Waals surface area contributed by atoms with Crippen LogP contribution >= 0.6 is 0 Å². The molecular formula is C14H16FN3O. The maximum absolute atomic E-state index is 13.5. The molecule has 4 nitrogen and oxygen atoms in total. The molecule has 2 amide bonds. The van der Waals surface area contributed by atoms with Gasteiger partial charge in [0.25, 0.3) is 0 Å². The van der Waals surface area contributed by atoms with Crippen molar-refractivity contribution in [2.45, 2.75) is 25.4 Å². The third kappa shape index (κ3) is 2.09. The summed E-state index contributed by atoms with van der Waals surface area (Å²) in [6, 6.07) is 9.07. The third-order valence-corrected chi connectivity index (χ3v) is 3.79. The Morgan fingerprint density at radius 3 is 2.84 bits per heavy atom. The number of benzene rings is 1. The lowest BCUT2D eigenvalue weighted by molar-refractivity contribution is 0.224. The minimum Gasteiger partial charge on any atom is -0.335 e. The van der Waals surface area contributed by atoms with E-state index < -0.39 is 0 Å². The van der Waals surface area contributed by atoms with Crippen LogP contribution in [-0.4, -0.2) is 30.6 Å². The maximum atomic E-state index is 13.5. The Morgan fingerprint density at radius 1 is 1.37 bits per heavy atom. The Bertz CT molecular complexity index is 517. The minimum absolute atomic E-state index is 0.0637. The summed E-state index contributed by atoms with van der Waals surface area (Å²) < 4.78 is 13.5. The molecule has 3 rings (SSSR count). The highest BCUT2D eigenvalue weighted by atomic mass is 19.1. The Kier molecular flexibility index (Phi) is 2.97. The fraction of sp³-hybridized carbons (Fsp3) is 0.429. The van der Waals surface area contributed by atoms with Crippen LogP contribution in [0.4, 0.5) is 14.9 Å². The number of carbonyl (C=O) groups is 1. The number of urea groups is 1. The van der Waals surface area contributed by atoms with Crippen molar-refractivity contribution in [1.82, 2.24) is 5.32 Å². The first kappa shape index (κ1) is 12.1. The molecular weight excluding hydrogens is 245 g/mol. The SMILES string of the molecule is CC1CC(F)=NC2CNC(=O)N(c3ccccc3)C12. The molecule has 1 saturated heterocycles. The van der Waals surface area contributed by atoms with E-state index in [4.69, 9.17) is 0 Å². The second kappa shape index (κ2) is 4.64. The maximum Gasteiger partial charge on any atom is 0.322 e. The molecule has 1 aromatic carbocycles. The number of rotatable bonds is 1. The van der Waals surface area contributed by atoms with Gasteiger partial charge in [-0.15, -0.1) is 0 Å². The van der Waals surface area contributed by atoms with E-state index in [0.29, 0.717) is 13.0 Å². The predicted octanol–water partition coefficient (Wildman–Crippen LogP) is 2.36. The summed E-state index contributed by atoms with van der Waals surface area (Å²) in [6.07, 6.45) is 0.303. The predicted molar refractivity (Wildman–Crippen MR) is 72.2 cm³/mol. The van der Waals surface area contributed by atoms with E-state index >= 15 is 0 Å². The highest BCUT2D eigenvalue weighted by Gasteiger charge is 2.42. The van der Waals surface area contributed by atoms with Gasteiger partial charge in [0.2, 0.25) is 0 Å². The lowest BCUT2D eigenvalue weighted by atomic mass is 9.87. The number of aliphatic imine (C=N–C) groups is 1. The molecule has 0 saturated carbocycles. The first-order valence-electron chi connectivity index (χ1n) is 6.51. The Hall–Kier alpha value is -1.91.